The van der Waals surface area contributed by atoms with E-state index in [9.17, 15) is 9.59 Å². The van der Waals surface area contributed by atoms with Gasteiger partial charge >= 0.3 is 5.97 Å². The predicted molar refractivity (Wildman–Crippen MR) is 68.3 cm³/mol. The second kappa shape index (κ2) is 4.35. The van der Waals surface area contributed by atoms with E-state index in [1.807, 2.05) is 0 Å². The van der Waals surface area contributed by atoms with Crippen molar-refractivity contribution < 1.29 is 19.1 Å². The summed E-state index contributed by atoms with van der Waals surface area (Å²) in [6.45, 7) is 0.580. The minimum Gasteiger partial charge on any atom is -0.465 e. The molecule has 5 nitrogen and oxygen atoms in total. The molecule has 0 unspecified atom stereocenters. The van der Waals surface area contributed by atoms with E-state index in [4.69, 9.17) is 4.74 Å². The molecule has 1 N–H and O–H groups in total. The zero-order valence-electron chi connectivity index (χ0n) is 10.7. The highest BCUT2D eigenvalue weighted by molar-refractivity contribution is 6.13. The molecule has 0 bridgehead atoms. The number of hydrogen-bond donors (Lipinski definition) is 1. The molecule has 0 radical (unpaired) electrons. The quantitative estimate of drug-likeness (QED) is 0.783. The second-order valence-electron chi connectivity index (χ2n) is 4.84. The van der Waals surface area contributed by atoms with Gasteiger partial charge in [-0.25, -0.2) is 4.79 Å². The van der Waals surface area contributed by atoms with Crippen LogP contribution in [0.2, 0.25) is 0 Å². The van der Waals surface area contributed by atoms with Gasteiger partial charge in [-0.15, -0.1) is 0 Å². The van der Waals surface area contributed by atoms with Crippen molar-refractivity contribution in [1.29, 1.82) is 0 Å². The first kappa shape index (κ1) is 12.2. The predicted octanol–water partition coefficient (Wildman–Crippen LogP) is 1.98. The molecule has 0 aliphatic carbocycles. The largest absolute Gasteiger partial charge is 0.465 e. The number of hydrogen-bond acceptors (Lipinski definition) is 5. The lowest BCUT2D eigenvalue weighted by atomic mass is 9.97. The minimum absolute atomic E-state index is 0.0429. The standard InChI is InChI=1S/C14H15NO4/c1-18-13(17)9-4-5-10-11(8-9)15-14(12(10)16)6-2-3-7-19-14/h4-5,8,15H,2-3,6-7H2,1H3/t14-/m0/s1. The Morgan fingerprint density at radius 2 is 2.26 bits per heavy atom. The first-order valence-corrected chi connectivity index (χ1v) is 6.36. The molecule has 2 heterocycles. The number of anilines is 1. The highest BCUT2D eigenvalue weighted by atomic mass is 16.5. The van der Waals surface area contributed by atoms with Crippen LogP contribution in [-0.2, 0) is 9.47 Å². The molecule has 1 atom stereocenters. The first-order chi connectivity index (χ1) is 9.16. The Bertz CT molecular complexity index is 546. The Hall–Kier alpha value is -1.88. The highest BCUT2D eigenvalue weighted by Crippen LogP contribution is 2.38. The Kier molecular flexibility index (Phi) is 2.78. The fourth-order valence-electron chi connectivity index (χ4n) is 2.65. The second-order valence-corrected chi connectivity index (χ2v) is 4.84. The number of rotatable bonds is 1. The molecule has 19 heavy (non-hydrogen) atoms. The summed E-state index contributed by atoms with van der Waals surface area (Å²) in [6, 6.07) is 4.90. The van der Waals surface area contributed by atoms with Crippen molar-refractivity contribution in [2.45, 2.75) is 25.0 Å². The molecule has 100 valence electrons. The van der Waals surface area contributed by atoms with Crippen molar-refractivity contribution in [2.24, 2.45) is 0 Å². The maximum atomic E-state index is 12.4. The van der Waals surface area contributed by atoms with Crippen LogP contribution in [-0.4, -0.2) is 31.2 Å². The topological polar surface area (TPSA) is 64.6 Å². The number of fused-ring (bicyclic) bond motifs is 1. The van der Waals surface area contributed by atoms with E-state index in [2.05, 4.69) is 10.1 Å². The summed E-state index contributed by atoms with van der Waals surface area (Å²) < 4.78 is 10.3. The molecule has 1 spiro atoms. The van der Waals surface area contributed by atoms with Crippen LogP contribution < -0.4 is 5.32 Å². The molecule has 3 rings (SSSR count). The van der Waals surface area contributed by atoms with Crippen molar-refractivity contribution in [2.75, 3.05) is 19.0 Å². The van der Waals surface area contributed by atoms with Gasteiger partial charge in [0.15, 0.2) is 0 Å². The fourth-order valence-corrected chi connectivity index (χ4v) is 2.65. The third-order valence-corrected chi connectivity index (χ3v) is 3.66. The number of ether oxygens (including phenoxy) is 2. The van der Waals surface area contributed by atoms with Crippen molar-refractivity contribution in [1.82, 2.24) is 0 Å². The number of nitrogens with one attached hydrogen (secondary N) is 1. The highest BCUT2D eigenvalue weighted by Gasteiger charge is 2.47. The van der Waals surface area contributed by atoms with Gasteiger partial charge in [0.25, 0.3) is 0 Å². The lowest BCUT2D eigenvalue weighted by molar-refractivity contribution is -0.0337. The molecule has 5 heteroatoms. The Morgan fingerprint density at radius 1 is 1.42 bits per heavy atom. The summed E-state index contributed by atoms with van der Waals surface area (Å²) in [5.74, 6) is -0.457. The van der Waals surface area contributed by atoms with E-state index in [-0.39, 0.29) is 5.78 Å². The Labute approximate surface area is 110 Å². The summed E-state index contributed by atoms with van der Waals surface area (Å²) in [7, 11) is 1.33. The van der Waals surface area contributed by atoms with Crippen LogP contribution in [0.4, 0.5) is 5.69 Å². The van der Waals surface area contributed by atoms with Crippen LogP contribution in [0.1, 0.15) is 40.0 Å². The number of Topliss-reactive ketones (excluding diaryl/α,β-unsaturated/α-hetero) is 1. The van der Waals surface area contributed by atoms with Gasteiger partial charge in [-0.05, 0) is 31.0 Å². The van der Waals surface area contributed by atoms with Crippen LogP contribution in [0.3, 0.4) is 0 Å². The Balaban J connectivity index is 1.96. The third-order valence-electron chi connectivity index (χ3n) is 3.66. The number of benzene rings is 1. The summed E-state index contributed by atoms with van der Waals surface area (Å²) in [5, 5.41) is 3.14. The van der Waals surface area contributed by atoms with E-state index < -0.39 is 11.7 Å². The molecular weight excluding hydrogens is 246 g/mol. The molecule has 1 fully saturated rings. The lowest BCUT2D eigenvalue weighted by Crippen LogP contribution is -2.46. The maximum absolute atomic E-state index is 12.4. The van der Waals surface area contributed by atoms with Gasteiger partial charge in [0.05, 0.1) is 12.7 Å². The minimum atomic E-state index is -0.921. The van der Waals surface area contributed by atoms with Gasteiger partial charge in [-0.1, -0.05) is 0 Å². The maximum Gasteiger partial charge on any atom is 0.337 e. The van der Waals surface area contributed by atoms with Crippen LogP contribution in [0.25, 0.3) is 0 Å². The van der Waals surface area contributed by atoms with Crippen LogP contribution in [0.15, 0.2) is 18.2 Å². The van der Waals surface area contributed by atoms with Crippen molar-refractivity contribution in [3.8, 4) is 0 Å². The van der Waals surface area contributed by atoms with Crippen LogP contribution in [0.5, 0.6) is 0 Å². The summed E-state index contributed by atoms with van der Waals surface area (Å²) in [6.07, 6.45) is 2.59. The molecule has 1 saturated heterocycles. The van der Waals surface area contributed by atoms with Gasteiger partial charge in [-0.2, -0.15) is 0 Å². The van der Waals surface area contributed by atoms with Crippen LogP contribution >= 0.6 is 0 Å². The van der Waals surface area contributed by atoms with Crippen molar-refractivity contribution in [3.05, 3.63) is 29.3 Å². The molecule has 1 aromatic carbocycles. The summed E-state index contributed by atoms with van der Waals surface area (Å²) in [5.41, 5.74) is 0.730. The lowest BCUT2D eigenvalue weighted by Gasteiger charge is -2.32. The van der Waals surface area contributed by atoms with Gasteiger partial charge in [0.2, 0.25) is 11.5 Å². The van der Waals surface area contributed by atoms with E-state index in [1.165, 1.54) is 7.11 Å². The zero-order valence-corrected chi connectivity index (χ0v) is 10.7. The molecule has 2 aliphatic heterocycles. The molecule has 0 saturated carbocycles. The smallest absolute Gasteiger partial charge is 0.337 e. The third kappa shape index (κ3) is 1.81. The molecule has 1 aromatic rings. The molecule has 0 aromatic heterocycles. The molecule has 0 amide bonds. The number of methoxy groups -OCH3 is 1. The number of carbonyl (C=O) groups excluding carboxylic acids is 2. The SMILES string of the molecule is COC(=O)c1ccc2c(c1)N[C@]1(CCCCO1)C2=O. The Morgan fingerprint density at radius 3 is 2.95 bits per heavy atom. The van der Waals surface area contributed by atoms with Gasteiger partial charge in [0.1, 0.15) is 0 Å². The monoisotopic (exact) mass is 261 g/mol. The summed E-state index contributed by atoms with van der Waals surface area (Å²) in [4.78, 5) is 23.9. The van der Waals surface area contributed by atoms with Crippen molar-refractivity contribution in [3.63, 3.8) is 0 Å². The zero-order chi connectivity index (χ0) is 13.5. The van der Waals surface area contributed by atoms with E-state index >= 15 is 0 Å². The van der Waals surface area contributed by atoms with Gasteiger partial charge in [0, 0.05) is 24.3 Å². The van der Waals surface area contributed by atoms with Crippen molar-refractivity contribution >= 4 is 17.4 Å². The molecule has 2 aliphatic rings. The normalized spacial score (nSPS) is 25.0. The molecular formula is C14H15NO4. The number of ketones is 1. The van der Waals surface area contributed by atoms with E-state index in [0.29, 0.717) is 29.8 Å². The van der Waals surface area contributed by atoms with Gasteiger partial charge in [-0.3, -0.25) is 4.79 Å². The van der Waals surface area contributed by atoms with E-state index in [0.717, 1.165) is 12.8 Å². The van der Waals surface area contributed by atoms with E-state index in [1.54, 1.807) is 18.2 Å². The van der Waals surface area contributed by atoms with Gasteiger partial charge < -0.3 is 14.8 Å². The van der Waals surface area contributed by atoms with Crippen LogP contribution in [0, 0.1) is 0 Å². The summed E-state index contributed by atoms with van der Waals surface area (Å²) >= 11 is 0. The average Bonchev–Trinajstić information content (AvgIpc) is 2.71. The number of esters is 1. The number of carbonyl (C=O) groups is 2. The average molecular weight is 261 g/mol. The fraction of sp³-hybridized carbons (Fsp3) is 0.429. The first-order valence-electron chi connectivity index (χ1n) is 6.36.